The molecular weight excluding hydrogens is 154 g/mol. The Labute approximate surface area is 70.8 Å². The number of nitrogens with zero attached hydrogens (tertiary/aromatic N) is 3. The lowest BCUT2D eigenvalue weighted by molar-refractivity contribution is 0.921. The number of nitrogens with two attached hydrogens (primary N) is 1. The van der Waals surface area contributed by atoms with E-state index in [1.807, 2.05) is 24.9 Å². The Morgan fingerprint density at radius 3 is 2.92 bits per heavy atom. The molecule has 0 saturated carbocycles. The third kappa shape index (κ3) is 1.19. The van der Waals surface area contributed by atoms with E-state index in [-0.39, 0.29) is 0 Å². The van der Waals surface area contributed by atoms with Gasteiger partial charge in [0.1, 0.15) is 17.5 Å². The Bertz CT molecular complexity index is 308. The first kappa shape index (κ1) is 8.40. The number of hydrogen-bond acceptors (Lipinski definition) is 4. The van der Waals surface area contributed by atoms with Crippen molar-refractivity contribution in [3.05, 3.63) is 5.56 Å². The fourth-order valence-electron chi connectivity index (χ4n) is 0.882. The quantitative estimate of drug-likeness (QED) is 0.661. The number of nitrogens with one attached hydrogen (secondary N) is 1. The van der Waals surface area contributed by atoms with Crippen LogP contribution in [0.5, 0.6) is 0 Å². The van der Waals surface area contributed by atoms with Crippen molar-refractivity contribution >= 4 is 11.6 Å². The van der Waals surface area contributed by atoms with E-state index in [9.17, 15) is 0 Å². The summed E-state index contributed by atoms with van der Waals surface area (Å²) in [5.74, 6) is 0.935. The number of rotatable bonds is 2. The molecule has 0 amide bonds. The van der Waals surface area contributed by atoms with E-state index in [4.69, 9.17) is 11.0 Å². The molecule has 0 radical (unpaired) electrons. The molecule has 3 N–H and O–H groups in total. The number of hydrogen-bond donors (Lipinski definition) is 2. The molecule has 0 spiro atoms. The lowest BCUT2D eigenvalue weighted by atomic mass is 10.3. The van der Waals surface area contributed by atoms with Gasteiger partial charge in [0.2, 0.25) is 0 Å². The minimum atomic E-state index is 0.327. The summed E-state index contributed by atoms with van der Waals surface area (Å²) in [6, 6.07) is 2.00. The van der Waals surface area contributed by atoms with E-state index in [0.29, 0.717) is 17.2 Å². The highest BCUT2D eigenvalue weighted by atomic mass is 15.3. The van der Waals surface area contributed by atoms with Gasteiger partial charge in [0.25, 0.3) is 0 Å². The minimum absolute atomic E-state index is 0.327. The van der Waals surface area contributed by atoms with Gasteiger partial charge in [-0.25, -0.2) is 0 Å². The summed E-state index contributed by atoms with van der Waals surface area (Å²) in [5.41, 5.74) is 5.89. The normalized spacial score (nSPS) is 9.42. The van der Waals surface area contributed by atoms with Crippen molar-refractivity contribution in [3.63, 3.8) is 0 Å². The van der Waals surface area contributed by atoms with Gasteiger partial charge in [-0.05, 0) is 6.92 Å². The molecule has 12 heavy (non-hydrogen) atoms. The molecule has 1 heterocycles. The monoisotopic (exact) mass is 165 g/mol. The SMILES string of the molecule is CCN(C)c1n[nH]c(N)c1C#N. The average molecular weight is 165 g/mol. The number of nitrogen functional groups attached to an aromatic ring is 1. The number of aromatic amines is 1. The summed E-state index contributed by atoms with van der Waals surface area (Å²) in [4.78, 5) is 1.85. The van der Waals surface area contributed by atoms with Crippen LogP contribution in [0.4, 0.5) is 11.6 Å². The minimum Gasteiger partial charge on any atom is -0.383 e. The topological polar surface area (TPSA) is 81.7 Å². The Morgan fingerprint density at radius 2 is 2.42 bits per heavy atom. The van der Waals surface area contributed by atoms with Gasteiger partial charge in [-0.2, -0.15) is 10.4 Å². The summed E-state index contributed by atoms with van der Waals surface area (Å²) in [6.07, 6.45) is 0. The van der Waals surface area contributed by atoms with E-state index in [1.54, 1.807) is 0 Å². The lowest BCUT2D eigenvalue weighted by Gasteiger charge is -2.12. The predicted molar refractivity (Wildman–Crippen MR) is 46.7 cm³/mol. The van der Waals surface area contributed by atoms with Crippen LogP contribution in [0.2, 0.25) is 0 Å². The number of aromatic nitrogens is 2. The molecule has 0 aliphatic rings. The second-order valence-electron chi connectivity index (χ2n) is 2.46. The van der Waals surface area contributed by atoms with Crippen LogP contribution in [0.1, 0.15) is 12.5 Å². The first-order valence-electron chi connectivity index (χ1n) is 3.65. The fraction of sp³-hybridized carbons (Fsp3) is 0.429. The van der Waals surface area contributed by atoms with Crippen molar-refractivity contribution in [3.8, 4) is 6.07 Å². The third-order valence-electron chi connectivity index (χ3n) is 1.72. The molecule has 1 aromatic heterocycles. The number of anilines is 2. The lowest BCUT2D eigenvalue weighted by Crippen LogP contribution is -2.17. The van der Waals surface area contributed by atoms with Crippen molar-refractivity contribution in [1.29, 1.82) is 5.26 Å². The molecule has 0 aliphatic heterocycles. The van der Waals surface area contributed by atoms with E-state index in [0.717, 1.165) is 6.54 Å². The van der Waals surface area contributed by atoms with Crippen LogP contribution in [-0.2, 0) is 0 Å². The molecule has 0 aromatic carbocycles. The molecule has 0 aliphatic carbocycles. The summed E-state index contributed by atoms with van der Waals surface area (Å²) in [6.45, 7) is 2.77. The van der Waals surface area contributed by atoms with Crippen molar-refractivity contribution in [1.82, 2.24) is 10.2 Å². The Balaban J connectivity index is 3.09. The molecular formula is C7H11N5. The molecule has 64 valence electrons. The van der Waals surface area contributed by atoms with E-state index >= 15 is 0 Å². The fourth-order valence-corrected chi connectivity index (χ4v) is 0.882. The van der Waals surface area contributed by atoms with E-state index in [1.165, 1.54) is 0 Å². The predicted octanol–water partition coefficient (Wildman–Crippen LogP) is 0.320. The molecule has 5 nitrogen and oxygen atoms in total. The molecule has 1 rings (SSSR count). The number of nitriles is 1. The van der Waals surface area contributed by atoms with Crippen LogP contribution < -0.4 is 10.6 Å². The zero-order valence-electron chi connectivity index (χ0n) is 7.13. The highest BCUT2D eigenvalue weighted by Gasteiger charge is 2.12. The van der Waals surface area contributed by atoms with Crippen LogP contribution in [0.15, 0.2) is 0 Å². The van der Waals surface area contributed by atoms with E-state index in [2.05, 4.69) is 10.2 Å². The third-order valence-corrected chi connectivity index (χ3v) is 1.72. The van der Waals surface area contributed by atoms with Gasteiger partial charge in [-0.15, -0.1) is 0 Å². The average Bonchev–Trinajstić information content (AvgIpc) is 2.45. The second kappa shape index (κ2) is 3.13. The van der Waals surface area contributed by atoms with Crippen molar-refractivity contribution in [2.45, 2.75) is 6.92 Å². The van der Waals surface area contributed by atoms with Gasteiger partial charge >= 0.3 is 0 Å². The smallest absolute Gasteiger partial charge is 0.170 e. The van der Waals surface area contributed by atoms with Gasteiger partial charge in [0.15, 0.2) is 5.82 Å². The highest BCUT2D eigenvalue weighted by Crippen LogP contribution is 2.19. The standard InChI is InChI=1S/C7H11N5/c1-3-12(2)7-5(4-8)6(9)10-11-7/h3H2,1-2H3,(H3,9,10,11). The van der Waals surface area contributed by atoms with E-state index < -0.39 is 0 Å². The number of H-pyrrole nitrogens is 1. The summed E-state index contributed by atoms with van der Waals surface area (Å²) in [7, 11) is 1.86. The van der Waals surface area contributed by atoms with Gasteiger partial charge in [-0.1, -0.05) is 0 Å². The maximum Gasteiger partial charge on any atom is 0.170 e. The van der Waals surface area contributed by atoms with Crippen LogP contribution in [-0.4, -0.2) is 23.8 Å². The first-order chi connectivity index (χ1) is 5.70. The maximum absolute atomic E-state index is 8.72. The molecule has 1 aromatic rings. The molecule has 0 bridgehead atoms. The summed E-state index contributed by atoms with van der Waals surface area (Å²) < 4.78 is 0. The van der Waals surface area contributed by atoms with Gasteiger partial charge in [0.05, 0.1) is 0 Å². The summed E-state index contributed by atoms with van der Waals surface area (Å²) >= 11 is 0. The van der Waals surface area contributed by atoms with Crippen LogP contribution in [0.3, 0.4) is 0 Å². The van der Waals surface area contributed by atoms with Crippen molar-refractivity contribution in [2.24, 2.45) is 0 Å². The van der Waals surface area contributed by atoms with Gasteiger partial charge in [0, 0.05) is 13.6 Å². The van der Waals surface area contributed by atoms with Gasteiger partial charge in [-0.3, -0.25) is 5.10 Å². The van der Waals surface area contributed by atoms with Crippen molar-refractivity contribution < 1.29 is 0 Å². The molecule has 0 fully saturated rings. The zero-order valence-corrected chi connectivity index (χ0v) is 7.13. The largest absolute Gasteiger partial charge is 0.383 e. The van der Waals surface area contributed by atoms with Crippen LogP contribution in [0.25, 0.3) is 0 Å². The Morgan fingerprint density at radius 1 is 1.75 bits per heavy atom. The Hall–Kier alpha value is -1.70. The maximum atomic E-state index is 8.72. The van der Waals surface area contributed by atoms with Crippen LogP contribution in [0, 0.1) is 11.3 Å². The molecule has 0 atom stereocenters. The first-order valence-corrected chi connectivity index (χ1v) is 3.65. The van der Waals surface area contributed by atoms with Gasteiger partial charge < -0.3 is 10.6 Å². The van der Waals surface area contributed by atoms with Crippen LogP contribution >= 0.6 is 0 Å². The summed E-state index contributed by atoms with van der Waals surface area (Å²) in [5, 5.41) is 15.2. The Kier molecular flexibility index (Phi) is 2.19. The van der Waals surface area contributed by atoms with Crippen molar-refractivity contribution in [2.75, 3.05) is 24.2 Å². The second-order valence-corrected chi connectivity index (χ2v) is 2.46. The highest BCUT2D eigenvalue weighted by molar-refractivity contribution is 5.63. The molecule has 5 heteroatoms. The molecule has 0 unspecified atom stereocenters. The molecule has 0 saturated heterocycles. The zero-order chi connectivity index (χ0) is 9.14.